The molecule has 1 aliphatic rings. The molecule has 0 N–H and O–H groups in total. The van der Waals surface area contributed by atoms with Gasteiger partial charge >= 0.3 is 0 Å². The molecule has 2 heterocycles. The minimum absolute atomic E-state index is 0.111. The number of carbonyl (C=O) groups is 1. The molecule has 0 spiro atoms. The highest BCUT2D eigenvalue weighted by Gasteiger charge is 2.23. The summed E-state index contributed by atoms with van der Waals surface area (Å²) in [5, 5.41) is 2.68. The van der Waals surface area contributed by atoms with Crippen LogP contribution < -0.4 is 4.74 Å². The topological polar surface area (TPSA) is 32.8 Å². The average molecular weight is 506 g/mol. The second-order valence-electron chi connectivity index (χ2n) is 7.26. The number of amides is 1. The highest BCUT2D eigenvalue weighted by molar-refractivity contribution is 9.10. The maximum Gasteiger partial charge on any atom is 0.264 e. The van der Waals surface area contributed by atoms with Crippen molar-refractivity contribution in [3.05, 3.63) is 85.5 Å². The van der Waals surface area contributed by atoms with E-state index in [0.717, 1.165) is 53.4 Å². The van der Waals surface area contributed by atoms with Crippen molar-refractivity contribution in [1.82, 2.24) is 9.80 Å². The molecule has 30 heavy (non-hydrogen) atoms. The summed E-state index contributed by atoms with van der Waals surface area (Å²) >= 11 is 10.9. The highest BCUT2D eigenvalue weighted by atomic mass is 79.9. The number of halogens is 2. The monoisotopic (exact) mass is 504 g/mol. The maximum absolute atomic E-state index is 12.9. The number of hydrogen-bond donors (Lipinski definition) is 0. The van der Waals surface area contributed by atoms with E-state index in [4.69, 9.17) is 16.3 Å². The van der Waals surface area contributed by atoms with Crippen LogP contribution in [0, 0.1) is 0 Å². The van der Waals surface area contributed by atoms with Gasteiger partial charge < -0.3 is 9.64 Å². The van der Waals surface area contributed by atoms with Crippen LogP contribution in [0.4, 0.5) is 0 Å². The Morgan fingerprint density at radius 1 is 1.03 bits per heavy atom. The van der Waals surface area contributed by atoms with Gasteiger partial charge in [0.25, 0.3) is 5.91 Å². The van der Waals surface area contributed by atoms with Gasteiger partial charge in [-0.05, 0) is 53.4 Å². The first-order valence-corrected chi connectivity index (χ1v) is 11.8. The van der Waals surface area contributed by atoms with Crippen molar-refractivity contribution in [3.8, 4) is 5.75 Å². The van der Waals surface area contributed by atoms with Crippen molar-refractivity contribution >= 4 is 44.8 Å². The number of benzene rings is 2. The van der Waals surface area contributed by atoms with Gasteiger partial charge in [0.05, 0.1) is 4.88 Å². The molecule has 0 radical (unpaired) electrons. The lowest BCUT2D eigenvalue weighted by Crippen LogP contribution is -2.48. The second kappa shape index (κ2) is 9.96. The van der Waals surface area contributed by atoms with Crippen LogP contribution >= 0.6 is 38.9 Å². The smallest absolute Gasteiger partial charge is 0.264 e. The van der Waals surface area contributed by atoms with Gasteiger partial charge in [0, 0.05) is 47.8 Å². The summed E-state index contributed by atoms with van der Waals surface area (Å²) in [5.41, 5.74) is 2.29. The first-order valence-electron chi connectivity index (χ1n) is 9.79. The minimum Gasteiger partial charge on any atom is -0.489 e. The first kappa shape index (κ1) is 21.4. The van der Waals surface area contributed by atoms with Gasteiger partial charge in [0.1, 0.15) is 12.4 Å². The molecule has 0 unspecified atom stereocenters. The Hall–Kier alpha value is -1.86. The van der Waals surface area contributed by atoms with Crippen LogP contribution in [0.25, 0.3) is 0 Å². The molecule has 1 fully saturated rings. The molecule has 3 aromatic rings. The lowest BCUT2D eigenvalue weighted by atomic mass is 10.2. The van der Waals surface area contributed by atoms with E-state index in [9.17, 15) is 4.79 Å². The molecule has 1 aromatic heterocycles. The lowest BCUT2D eigenvalue weighted by Gasteiger charge is -2.34. The van der Waals surface area contributed by atoms with E-state index in [1.54, 1.807) is 12.1 Å². The van der Waals surface area contributed by atoms with Crippen LogP contribution in [0.15, 0.2) is 64.5 Å². The van der Waals surface area contributed by atoms with Gasteiger partial charge in [0.2, 0.25) is 0 Å². The summed E-state index contributed by atoms with van der Waals surface area (Å²) in [6.45, 7) is 4.62. The zero-order chi connectivity index (χ0) is 20.9. The van der Waals surface area contributed by atoms with Crippen molar-refractivity contribution in [2.24, 2.45) is 0 Å². The molecule has 4 rings (SSSR count). The van der Waals surface area contributed by atoms with E-state index in [-0.39, 0.29) is 5.91 Å². The van der Waals surface area contributed by atoms with Crippen LogP contribution in [0.5, 0.6) is 5.75 Å². The molecule has 0 atom stereocenters. The predicted molar refractivity (Wildman–Crippen MR) is 125 cm³/mol. The number of thiophene rings is 1. The third kappa shape index (κ3) is 5.64. The quantitative estimate of drug-likeness (QED) is 0.431. The average Bonchev–Trinajstić information content (AvgIpc) is 3.22. The van der Waals surface area contributed by atoms with Crippen LogP contribution in [-0.4, -0.2) is 41.9 Å². The lowest BCUT2D eigenvalue weighted by molar-refractivity contribution is 0.0633. The van der Waals surface area contributed by atoms with Gasteiger partial charge in [-0.1, -0.05) is 39.7 Å². The van der Waals surface area contributed by atoms with E-state index < -0.39 is 0 Å². The summed E-state index contributed by atoms with van der Waals surface area (Å²) in [7, 11) is 0. The third-order valence-electron chi connectivity index (χ3n) is 5.04. The largest absolute Gasteiger partial charge is 0.489 e. The summed E-state index contributed by atoms with van der Waals surface area (Å²) in [4.78, 5) is 18.0. The zero-order valence-corrected chi connectivity index (χ0v) is 19.5. The highest BCUT2D eigenvalue weighted by Crippen LogP contribution is 2.22. The molecule has 0 aliphatic carbocycles. The standard InChI is InChI=1S/C23H22BrClN2O2S/c24-19-3-1-2-17(12-19)14-26-8-10-27(11-9-26)23(28)22-13-18(16-30-22)15-29-21-6-4-20(25)5-7-21/h1-7,12-13,16H,8-11,14-15H2. The SMILES string of the molecule is O=C(c1cc(COc2ccc(Cl)cc2)cs1)N1CCN(Cc2cccc(Br)c2)CC1. The zero-order valence-electron chi connectivity index (χ0n) is 16.4. The van der Waals surface area contributed by atoms with E-state index in [1.165, 1.54) is 16.9 Å². The molecule has 1 amide bonds. The number of piperazine rings is 1. The Balaban J connectivity index is 1.27. The van der Waals surface area contributed by atoms with E-state index in [0.29, 0.717) is 11.6 Å². The Morgan fingerprint density at radius 2 is 1.80 bits per heavy atom. The molecule has 4 nitrogen and oxygen atoms in total. The van der Waals surface area contributed by atoms with E-state index in [1.807, 2.05) is 34.5 Å². The molecular weight excluding hydrogens is 484 g/mol. The number of rotatable bonds is 6. The van der Waals surface area contributed by atoms with Gasteiger partial charge in [-0.25, -0.2) is 0 Å². The molecule has 1 aliphatic heterocycles. The van der Waals surface area contributed by atoms with Crippen LogP contribution in [0.1, 0.15) is 20.8 Å². The normalized spacial score (nSPS) is 14.7. The maximum atomic E-state index is 12.9. The number of nitrogens with zero attached hydrogens (tertiary/aromatic N) is 2. The summed E-state index contributed by atoms with van der Waals surface area (Å²) < 4.78 is 6.88. The third-order valence-corrected chi connectivity index (χ3v) is 6.75. The van der Waals surface area contributed by atoms with E-state index >= 15 is 0 Å². The number of ether oxygens (including phenoxy) is 1. The fourth-order valence-electron chi connectivity index (χ4n) is 3.42. The second-order valence-corrected chi connectivity index (χ2v) is 9.52. The summed E-state index contributed by atoms with van der Waals surface area (Å²) in [6.07, 6.45) is 0. The molecule has 156 valence electrons. The Morgan fingerprint density at radius 3 is 2.53 bits per heavy atom. The van der Waals surface area contributed by atoms with Crippen molar-refractivity contribution in [2.75, 3.05) is 26.2 Å². The first-order chi connectivity index (χ1) is 14.6. The van der Waals surface area contributed by atoms with Crippen LogP contribution in [-0.2, 0) is 13.2 Å². The molecule has 0 saturated carbocycles. The van der Waals surface area contributed by atoms with Gasteiger partial charge in [-0.3, -0.25) is 9.69 Å². The Labute approximate surface area is 194 Å². The van der Waals surface area contributed by atoms with Crippen LogP contribution in [0.3, 0.4) is 0 Å². The number of carbonyl (C=O) groups excluding carboxylic acids is 1. The summed E-state index contributed by atoms with van der Waals surface area (Å²) in [5.74, 6) is 0.875. The van der Waals surface area contributed by atoms with Crippen LogP contribution in [0.2, 0.25) is 5.02 Å². The van der Waals surface area contributed by atoms with Gasteiger partial charge in [0.15, 0.2) is 0 Å². The fraction of sp³-hybridized carbons (Fsp3) is 0.261. The van der Waals surface area contributed by atoms with Crippen molar-refractivity contribution in [2.45, 2.75) is 13.2 Å². The molecule has 2 aromatic carbocycles. The Kier molecular flexibility index (Phi) is 7.10. The minimum atomic E-state index is 0.111. The summed E-state index contributed by atoms with van der Waals surface area (Å²) in [6, 6.07) is 17.6. The van der Waals surface area contributed by atoms with Gasteiger partial charge in [-0.2, -0.15) is 0 Å². The number of hydrogen-bond acceptors (Lipinski definition) is 4. The molecule has 1 saturated heterocycles. The predicted octanol–water partition coefficient (Wildman–Crippen LogP) is 5.70. The van der Waals surface area contributed by atoms with Crippen molar-refractivity contribution in [3.63, 3.8) is 0 Å². The van der Waals surface area contributed by atoms with Crippen molar-refractivity contribution < 1.29 is 9.53 Å². The fourth-order valence-corrected chi connectivity index (χ4v) is 4.86. The van der Waals surface area contributed by atoms with Crippen molar-refractivity contribution in [1.29, 1.82) is 0 Å². The van der Waals surface area contributed by atoms with Gasteiger partial charge in [-0.15, -0.1) is 11.3 Å². The van der Waals surface area contributed by atoms with E-state index in [2.05, 4.69) is 39.0 Å². The Bertz CT molecular complexity index is 1000. The molecular formula is C23H22BrClN2O2S. The molecule has 7 heteroatoms. The molecule has 0 bridgehead atoms.